The van der Waals surface area contributed by atoms with Gasteiger partial charge in [-0.25, -0.2) is 0 Å². The number of nitrogens with one attached hydrogen (secondary N) is 1. The van der Waals surface area contributed by atoms with E-state index >= 15 is 0 Å². The summed E-state index contributed by atoms with van der Waals surface area (Å²) >= 11 is 0. The lowest BCUT2D eigenvalue weighted by molar-refractivity contribution is -0.131. The molecule has 1 heterocycles. The number of hydrogen-bond acceptors (Lipinski definition) is 4. The molecule has 2 amide bonds. The molecule has 1 N–H and O–H groups in total. The number of methoxy groups -OCH3 is 2. The van der Waals surface area contributed by atoms with Gasteiger partial charge in [-0.3, -0.25) is 9.59 Å². The highest BCUT2D eigenvalue weighted by molar-refractivity contribution is 5.98. The Balaban J connectivity index is 2.13. The maximum absolute atomic E-state index is 12.5. The van der Waals surface area contributed by atoms with E-state index in [-0.39, 0.29) is 29.7 Å². The first-order valence-electron chi connectivity index (χ1n) is 7.59. The van der Waals surface area contributed by atoms with Gasteiger partial charge >= 0.3 is 0 Å². The Labute approximate surface area is 136 Å². The zero-order valence-corrected chi connectivity index (χ0v) is 14.3. The number of benzene rings is 1. The van der Waals surface area contributed by atoms with Gasteiger partial charge in [0.25, 0.3) is 0 Å². The van der Waals surface area contributed by atoms with Crippen LogP contribution in [0.4, 0.5) is 5.69 Å². The van der Waals surface area contributed by atoms with Crippen LogP contribution in [0.5, 0.6) is 11.5 Å². The Morgan fingerprint density at radius 2 is 1.96 bits per heavy atom. The molecule has 0 spiro atoms. The number of carbonyl (C=O) groups excluding carboxylic acids is 2. The van der Waals surface area contributed by atoms with E-state index in [4.69, 9.17) is 9.47 Å². The highest BCUT2D eigenvalue weighted by Gasteiger charge is 2.39. The molecule has 6 nitrogen and oxygen atoms in total. The molecular formula is C17H24N2O4. The molecule has 1 aliphatic heterocycles. The van der Waals surface area contributed by atoms with Crippen LogP contribution < -0.4 is 14.8 Å². The molecule has 1 atom stereocenters. The van der Waals surface area contributed by atoms with Crippen molar-refractivity contribution in [3.8, 4) is 11.5 Å². The van der Waals surface area contributed by atoms with Gasteiger partial charge in [0, 0.05) is 24.6 Å². The average molecular weight is 320 g/mol. The minimum Gasteiger partial charge on any atom is -0.497 e. The minimum atomic E-state index is -0.363. The van der Waals surface area contributed by atoms with E-state index in [1.54, 1.807) is 30.2 Å². The standard InChI is InChI=1S/C17H24N2O4/c1-17(2,3)19-10-11(8-15(19)20)16(21)18-13-9-12(22-4)6-7-14(13)23-5/h6-7,9,11H,8,10H2,1-5H3,(H,18,21). The second-order valence-corrected chi connectivity index (χ2v) is 6.63. The van der Waals surface area contributed by atoms with E-state index in [0.29, 0.717) is 23.7 Å². The van der Waals surface area contributed by atoms with Crippen LogP contribution in [-0.4, -0.2) is 43.0 Å². The van der Waals surface area contributed by atoms with E-state index in [0.717, 1.165) is 0 Å². The molecule has 0 aliphatic carbocycles. The Morgan fingerprint density at radius 3 is 2.48 bits per heavy atom. The minimum absolute atomic E-state index is 0.00950. The highest BCUT2D eigenvalue weighted by Crippen LogP contribution is 2.31. The summed E-state index contributed by atoms with van der Waals surface area (Å²) in [5, 5.41) is 2.85. The fourth-order valence-electron chi connectivity index (χ4n) is 2.68. The molecule has 0 aromatic heterocycles. The van der Waals surface area contributed by atoms with E-state index in [1.165, 1.54) is 7.11 Å². The quantitative estimate of drug-likeness (QED) is 0.924. The molecule has 0 radical (unpaired) electrons. The molecule has 1 saturated heterocycles. The van der Waals surface area contributed by atoms with Crippen molar-refractivity contribution in [1.82, 2.24) is 4.90 Å². The zero-order chi connectivity index (χ0) is 17.2. The van der Waals surface area contributed by atoms with Gasteiger partial charge in [0.2, 0.25) is 11.8 Å². The zero-order valence-electron chi connectivity index (χ0n) is 14.3. The molecule has 1 aliphatic rings. The second-order valence-electron chi connectivity index (χ2n) is 6.63. The van der Waals surface area contributed by atoms with Gasteiger partial charge in [0.15, 0.2) is 0 Å². The largest absolute Gasteiger partial charge is 0.497 e. The van der Waals surface area contributed by atoms with Crippen LogP contribution in [0.25, 0.3) is 0 Å². The van der Waals surface area contributed by atoms with Crippen LogP contribution in [0.1, 0.15) is 27.2 Å². The molecule has 0 bridgehead atoms. The van der Waals surface area contributed by atoms with Crippen LogP contribution in [0, 0.1) is 5.92 Å². The SMILES string of the molecule is COc1ccc(OC)c(NC(=O)C2CC(=O)N(C(C)(C)C)C2)c1. The number of anilines is 1. The van der Waals surface area contributed by atoms with Gasteiger partial charge in [-0.05, 0) is 32.9 Å². The second kappa shape index (κ2) is 6.48. The van der Waals surface area contributed by atoms with E-state index < -0.39 is 0 Å². The molecule has 0 saturated carbocycles. The summed E-state index contributed by atoms with van der Waals surface area (Å²) in [6.45, 7) is 6.34. The van der Waals surface area contributed by atoms with Gasteiger partial charge in [-0.1, -0.05) is 0 Å². The van der Waals surface area contributed by atoms with Crippen molar-refractivity contribution >= 4 is 17.5 Å². The Kier molecular flexibility index (Phi) is 4.82. The van der Waals surface area contributed by atoms with Gasteiger partial charge in [-0.2, -0.15) is 0 Å². The first-order valence-corrected chi connectivity index (χ1v) is 7.59. The molecule has 126 valence electrons. The van der Waals surface area contributed by atoms with E-state index in [2.05, 4.69) is 5.32 Å². The van der Waals surface area contributed by atoms with Gasteiger partial charge < -0.3 is 19.7 Å². The molecule has 1 aromatic carbocycles. The Hall–Kier alpha value is -2.24. The van der Waals surface area contributed by atoms with Crippen molar-refractivity contribution in [1.29, 1.82) is 0 Å². The maximum atomic E-state index is 12.5. The predicted octanol–water partition coefficient (Wildman–Crippen LogP) is 2.29. The molecule has 1 aromatic rings. The van der Waals surface area contributed by atoms with Crippen molar-refractivity contribution in [3.63, 3.8) is 0 Å². The van der Waals surface area contributed by atoms with Crippen LogP contribution in [0.2, 0.25) is 0 Å². The molecule has 23 heavy (non-hydrogen) atoms. The fourth-order valence-corrected chi connectivity index (χ4v) is 2.68. The molecular weight excluding hydrogens is 296 g/mol. The first kappa shape index (κ1) is 17.1. The van der Waals surface area contributed by atoms with Crippen molar-refractivity contribution in [2.45, 2.75) is 32.7 Å². The van der Waals surface area contributed by atoms with Crippen molar-refractivity contribution in [2.75, 3.05) is 26.1 Å². The third kappa shape index (κ3) is 3.75. The van der Waals surface area contributed by atoms with Crippen molar-refractivity contribution < 1.29 is 19.1 Å². The lowest BCUT2D eigenvalue weighted by Gasteiger charge is -2.31. The lowest BCUT2D eigenvalue weighted by atomic mass is 10.1. The monoisotopic (exact) mass is 320 g/mol. The highest BCUT2D eigenvalue weighted by atomic mass is 16.5. The Morgan fingerprint density at radius 1 is 1.26 bits per heavy atom. The fraction of sp³-hybridized carbons (Fsp3) is 0.529. The summed E-state index contributed by atoms with van der Waals surface area (Å²) in [7, 11) is 3.10. The van der Waals surface area contributed by atoms with Crippen LogP contribution in [0.15, 0.2) is 18.2 Å². The number of rotatable bonds is 4. The van der Waals surface area contributed by atoms with Crippen LogP contribution >= 0.6 is 0 Å². The van der Waals surface area contributed by atoms with Gasteiger partial charge in [0.1, 0.15) is 11.5 Å². The van der Waals surface area contributed by atoms with E-state index in [9.17, 15) is 9.59 Å². The van der Waals surface area contributed by atoms with Crippen molar-refractivity contribution in [3.05, 3.63) is 18.2 Å². The van der Waals surface area contributed by atoms with Crippen LogP contribution in [0.3, 0.4) is 0 Å². The molecule has 1 fully saturated rings. The third-order valence-electron chi connectivity index (χ3n) is 3.97. The van der Waals surface area contributed by atoms with Crippen molar-refractivity contribution in [2.24, 2.45) is 5.92 Å². The summed E-state index contributed by atoms with van der Waals surface area (Å²) in [6.07, 6.45) is 0.232. The number of hydrogen-bond donors (Lipinski definition) is 1. The number of ether oxygens (including phenoxy) is 2. The van der Waals surface area contributed by atoms with Crippen LogP contribution in [-0.2, 0) is 9.59 Å². The number of nitrogens with zero attached hydrogens (tertiary/aromatic N) is 1. The number of carbonyl (C=O) groups is 2. The summed E-state index contributed by atoms with van der Waals surface area (Å²) < 4.78 is 10.4. The van der Waals surface area contributed by atoms with E-state index in [1.807, 2.05) is 20.8 Å². The lowest BCUT2D eigenvalue weighted by Crippen LogP contribution is -2.42. The normalized spacial score (nSPS) is 18.0. The van der Waals surface area contributed by atoms with Gasteiger partial charge in [0.05, 0.1) is 25.8 Å². The molecule has 6 heteroatoms. The smallest absolute Gasteiger partial charge is 0.229 e. The Bertz CT molecular complexity index is 607. The van der Waals surface area contributed by atoms with Gasteiger partial charge in [-0.15, -0.1) is 0 Å². The topological polar surface area (TPSA) is 67.9 Å². The number of likely N-dealkylation sites (tertiary alicyclic amines) is 1. The number of amides is 2. The third-order valence-corrected chi connectivity index (χ3v) is 3.97. The summed E-state index contributed by atoms with van der Waals surface area (Å²) in [4.78, 5) is 26.4. The first-order chi connectivity index (χ1) is 10.8. The summed E-state index contributed by atoms with van der Waals surface area (Å²) in [6, 6.07) is 5.19. The predicted molar refractivity (Wildman–Crippen MR) is 87.7 cm³/mol. The molecule has 2 rings (SSSR count). The average Bonchev–Trinajstić information content (AvgIpc) is 2.89. The maximum Gasteiger partial charge on any atom is 0.229 e. The summed E-state index contributed by atoms with van der Waals surface area (Å²) in [5.41, 5.74) is 0.262. The molecule has 1 unspecified atom stereocenters. The summed E-state index contributed by atoms with van der Waals surface area (Å²) in [5.74, 6) is 0.639.